The van der Waals surface area contributed by atoms with Crippen molar-refractivity contribution in [3.05, 3.63) is 54.5 Å². The zero-order chi connectivity index (χ0) is 20.9. The second kappa shape index (κ2) is 6.65. The minimum Gasteiger partial charge on any atom is -0.343 e. The van der Waals surface area contributed by atoms with Gasteiger partial charge in [-0.3, -0.25) is 9.36 Å². The molecule has 0 aliphatic carbocycles. The Morgan fingerprint density at radius 1 is 1.13 bits per heavy atom. The third kappa shape index (κ3) is 2.96. The lowest BCUT2D eigenvalue weighted by molar-refractivity contribution is -0.156. The molecule has 9 heteroatoms. The van der Waals surface area contributed by atoms with Crippen molar-refractivity contribution in [3.63, 3.8) is 0 Å². The quantitative estimate of drug-likeness (QED) is 0.655. The van der Waals surface area contributed by atoms with Gasteiger partial charge in [-0.05, 0) is 12.8 Å². The Kier molecular flexibility index (Phi) is 4.16. The molecule has 1 fully saturated rings. The smallest absolute Gasteiger partial charge is 0.343 e. The number of carbonyl (C=O) groups is 1. The lowest BCUT2D eigenvalue weighted by Crippen LogP contribution is -2.57. The van der Waals surface area contributed by atoms with Crippen LogP contribution in [0.4, 0.5) is 19.0 Å². The van der Waals surface area contributed by atoms with Crippen molar-refractivity contribution >= 4 is 11.6 Å². The normalized spacial score (nSPS) is 20.9. The molecule has 1 unspecified atom stereocenters. The first-order valence-corrected chi connectivity index (χ1v) is 9.70. The first kappa shape index (κ1) is 18.8. The van der Waals surface area contributed by atoms with Crippen molar-refractivity contribution in [3.8, 4) is 17.3 Å². The fourth-order valence-electron chi connectivity index (χ4n) is 4.56. The fraction of sp³-hybridized carbons (Fsp3) is 0.333. The van der Waals surface area contributed by atoms with Gasteiger partial charge in [-0.15, -0.1) is 0 Å². The molecule has 2 aromatic heterocycles. The maximum Gasteiger partial charge on any atom is 0.391 e. The molecule has 1 saturated heterocycles. The molecule has 0 radical (unpaired) electrons. The molecule has 154 valence electrons. The molecule has 0 spiro atoms. The van der Waals surface area contributed by atoms with E-state index in [-0.39, 0.29) is 12.8 Å². The topological polar surface area (TPSA) is 63.9 Å². The molecule has 1 aromatic carbocycles. The average molecular weight is 413 g/mol. The number of aromatic nitrogens is 4. The highest BCUT2D eigenvalue weighted by Crippen LogP contribution is 2.46. The molecule has 1 atom stereocenters. The van der Waals surface area contributed by atoms with E-state index in [1.54, 1.807) is 28.1 Å². The lowest BCUT2D eigenvalue weighted by Gasteiger charge is -2.42. The number of imidazole rings is 1. The van der Waals surface area contributed by atoms with Crippen LogP contribution in [0.3, 0.4) is 0 Å². The molecule has 2 aliphatic rings. The van der Waals surface area contributed by atoms with E-state index in [4.69, 9.17) is 0 Å². The van der Waals surface area contributed by atoms with Crippen LogP contribution in [-0.4, -0.2) is 43.6 Å². The molecule has 2 aliphatic heterocycles. The standard InChI is InChI=1S/C21H18F3N5O/c22-21(23,24)13-20-7-4-9-29(20)18-15(11-16(20)30)12-26-19(27-18)28-10-8-25-17(28)14-5-2-1-3-6-14/h1-3,5-6,8,10,12H,4,7,9,11,13H2. The van der Waals surface area contributed by atoms with Crippen LogP contribution in [0, 0.1) is 0 Å². The van der Waals surface area contributed by atoms with E-state index in [0.717, 1.165) is 5.56 Å². The van der Waals surface area contributed by atoms with Gasteiger partial charge in [0.05, 0.1) is 6.42 Å². The molecule has 3 aromatic rings. The van der Waals surface area contributed by atoms with E-state index in [1.807, 2.05) is 30.3 Å². The Morgan fingerprint density at radius 3 is 2.70 bits per heavy atom. The molecule has 6 nitrogen and oxygen atoms in total. The van der Waals surface area contributed by atoms with Gasteiger partial charge in [0.15, 0.2) is 5.78 Å². The summed E-state index contributed by atoms with van der Waals surface area (Å²) in [6.45, 7) is 0.362. The van der Waals surface area contributed by atoms with E-state index < -0.39 is 23.9 Å². The summed E-state index contributed by atoms with van der Waals surface area (Å²) in [5.41, 5.74) is -0.134. The summed E-state index contributed by atoms with van der Waals surface area (Å²) in [5.74, 6) is 0.945. The van der Waals surface area contributed by atoms with Gasteiger partial charge < -0.3 is 4.90 Å². The van der Waals surface area contributed by atoms with E-state index in [1.165, 1.54) is 0 Å². The molecule has 0 amide bonds. The number of anilines is 1. The molecule has 4 heterocycles. The van der Waals surface area contributed by atoms with Crippen molar-refractivity contribution < 1.29 is 18.0 Å². The van der Waals surface area contributed by atoms with Crippen molar-refractivity contribution in [2.45, 2.75) is 37.4 Å². The van der Waals surface area contributed by atoms with Crippen LogP contribution < -0.4 is 4.90 Å². The van der Waals surface area contributed by atoms with Gasteiger partial charge in [0.1, 0.15) is 17.2 Å². The number of alkyl halides is 3. The number of carbonyl (C=O) groups excluding carboxylic acids is 1. The zero-order valence-electron chi connectivity index (χ0n) is 15.9. The predicted octanol–water partition coefficient (Wildman–Crippen LogP) is 3.75. The highest BCUT2D eigenvalue weighted by molar-refractivity contribution is 5.97. The summed E-state index contributed by atoms with van der Waals surface area (Å²) in [5, 5.41) is 0. The van der Waals surface area contributed by atoms with Gasteiger partial charge in [0.2, 0.25) is 5.95 Å². The van der Waals surface area contributed by atoms with Crippen LogP contribution in [-0.2, 0) is 11.2 Å². The minimum absolute atomic E-state index is 0.0857. The second-order valence-corrected chi connectivity index (χ2v) is 7.68. The van der Waals surface area contributed by atoms with E-state index in [2.05, 4.69) is 15.0 Å². The van der Waals surface area contributed by atoms with Crippen molar-refractivity contribution in [1.29, 1.82) is 0 Å². The first-order valence-electron chi connectivity index (χ1n) is 9.70. The van der Waals surface area contributed by atoms with Crippen molar-refractivity contribution in [2.75, 3.05) is 11.4 Å². The molecular weight excluding hydrogens is 395 g/mol. The largest absolute Gasteiger partial charge is 0.391 e. The Hall–Kier alpha value is -3.23. The molecule has 0 N–H and O–H groups in total. The number of Topliss-reactive ketones (excluding diaryl/α,β-unsaturated/α-hetero) is 1. The minimum atomic E-state index is -4.43. The number of ketones is 1. The van der Waals surface area contributed by atoms with Gasteiger partial charge in [-0.2, -0.15) is 18.2 Å². The predicted molar refractivity (Wildman–Crippen MR) is 103 cm³/mol. The number of hydrogen-bond acceptors (Lipinski definition) is 5. The Balaban J connectivity index is 1.59. The van der Waals surface area contributed by atoms with E-state index in [9.17, 15) is 18.0 Å². The summed E-state index contributed by atoms with van der Waals surface area (Å²) < 4.78 is 41.7. The summed E-state index contributed by atoms with van der Waals surface area (Å²) in [7, 11) is 0. The van der Waals surface area contributed by atoms with Crippen molar-refractivity contribution in [2.24, 2.45) is 0 Å². The van der Waals surface area contributed by atoms with Crippen LogP contribution >= 0.6 is 0 Å². The number of hydrogen-bond donors (Lipinski definition) is 0. The number of nitrogens with zero attached hydrogens (tertiary/aromatic N) is 5. The Morgan fingerprint density at radius 2 is 1.93 bits per heavy atom. The van der Waals surface area contributed by atoms with Crippen LogP contribution in [0.1, 0.15) is 24.8 Å². The average Bonchev–Trinajstić information content (AvgIpc) is 3.36. The van der Waals surface area contributed by atoms with Gasteiger partial charge in [0.25, 0.3) is 0 Å². The van der Waals surface area contributed by atoms with Gasteiger partial charge in [-0.25, -0.2) is 9.97 Å². The monoisotopic (exact) mass is 413 g/mol. The highest BCUT2D eigenvalue weighted by atomic mass is 19.4. The van der Waals surface area contributed by atoms with E-state index >= 15 is 0 Å². The van der Waals surface area contributed by atoms with Crippen molar-refractivity contribution in [1.82, 2.24) is 19.5 Å². The van der Waals surface area contributed by atoms with Gasteiger partial charge in [-0.1, -0.05) is 30.3 Å². The summed E-state index contributed by atoms with van der Waals surface area (Å²) in [6, 6.07) is 9.50. The maximum atomic E-state index is 13.3. The maximum absolute atomic E-state index is 13.3. The third-order valence-electron chi connectivity index (χ3n) is 5.82. The van der Waals surface area contributed by atoms with Gasteiger partial charge >= 0.3 is 6.18 Å². The number of rotatable bonds is 3. The molecule has 5 rings (SSSR count). The first-order chi connectivity index (χ1) is 14.4. The van der Waals surface area contributed by atoms with E-state index in [0.29, 0.717) is 36.1 Å². The Bertz CT molecular complexity index is 1110. The number of benzene rings is 1. The molecular formula is C21H18F3N5O. The molecule has 0 bridgehead atoms. The zero-order valence-corrected chi connectivity index (χ0v) is 15.9. The molecule has 30 heavy (non-hydrogen) atoms. The fourth-order valence-corrected chi connectivity index (χ4v) is 4.56. The second-order valence-electron chi connectivity index (χ2n) is 7.68. The number of fused-ring (bicyclic) bond motifs is 3. The van der Waals surface area contributed by atoms with Crippen LogP contribution in [0.25, 0.3) is 17.3 Å². The highest BCUT2D eigenvalue weighted by Gasteiger charge is 2.56. The lowest BCUT2D eigenvalue weighted by atomic mass is 9.81. The summed E-state index contributed by atoms with van der Waals surface area (Å²) in [6.07, 6.45) is -0.0962. The SMILES string of the molecule is O=C1Cc2cnc(-n3ccnc3-c3ccccc3)nc2N2CCCC12CC(F)(F)F. The van der Waals surface area contributed by atoms with Crippen LogP contribution in [0.2, 0.25) is 0 Å². The van der Waals surface area contributed by atoms with Crippen LogP contribution in [0.5, 0.6) is 0 Å². The van der Waals surface area contributed by atoms with Crippen LogP contribution in [0.15, 0.2) is 48.9 Å². The summed E-state index contributed by atoms with van der Waals surface area (Å²) in [4.78, 5) is 27.7. The van der Waals surface area contributed by atoms with Gasteiger partial charge in [0, 0.05) is 42.7 Å². The molecule has 0 saturated carbocycles. The summed E-state index contributed by atoms with van der Waals surface area (Å²) >= 11 is 0. The third-order valence-corrected chi connectivity index (χ3v) is 5.82. The Labute approximate surface area is 170 Å². The number of halogens is 3.